The fourth-order valence-corrected chi connectivity index (χ4v) is 2.84. The second-order valence-corrected chi connectivity index (χ2v) is 7.20. The number of thiazole rings is 1. The van der Waals surface area contributed by atoms with Crippen molar-refractivity contribution in [1.82, 2.24) is 9.88 Å². The lowest BCUT2D eigenvalue weighted by molar-refractivity contribution is 0.0177. The number of carbonyl (C=O) groups excluding carboxylic acids is 1. The van der Waals surface area contributed by atoms with E-state index in [1.54, 1.807) is 6.20 Å². The van der Waals surface area contributed by atoms with Gasteiger partial charge in [0, 0.05) is 24.7 Å². The fourth-order valence-electron chi connectivity index (χ4n) is 2.33. The van der Waals surface area contributed by atoms with Crippen LogP contribution in [0.25, 0.3) is 0 Å². The van der Waals surface area contributed by atoms with Crippen LogP contribution in [0.5, 0.6) is 5.19 Å². The van der Waals surface area contributed by atoms with Gasteiger partial charge in [0.2, 0.25) is 0 Å². The van der Waals surface area contributed by atoms with Crippen LogP contribution in [0, 0.1) is 5.92 Å². The van der Waals surface area contributed by atoms with Crippen molar-refractivity contribution in [2.75, 3.05) is 19.7 Å². The smallest absolute Gasteiger partial charge is 0.410 e. The van der Waals surface area contributed by atoms with Crippen molar-refractivity contribution < 1.29 is 14.3 Å². The van der Waals surface area contributed by atoms with Crippen molar-refractivity contribution >= 4 is 17.4 Å². The van der Waals surface area contributed by atoms with Crippen LogP contribution in [-0.4, -0.2) is 41.3 Å². The van der Waals surface area contributed by atoms with Crippen LogP contribution in [0.3, 0.4) is 0 Å². The summed E-state index contributed by atoms with van der Waals surface area (Å²) in [4.78, 5) is 17.9. The van der Waals surface area contributed by atoms with Gasteiger partial charge in [-0.1, -0.05) is 11.3 Å². The first-order valence-corrected chi connectivity index (χ1v) is 8.32. The number of amides is 1. The third-order valence-corrected chi connectivity index (χ3v) is 4.11. The maximum atomic E-state index is 12.0. The lowest BCUT2D eigenvalue weighted by Crippen LogP contribution is -2.41. The van der Waals surface area contributed by atoms with E-state index in [-0.39, 0.29) is 6.09 Å². The molecule has 0 unspecified atom stereocenters. The molecule has 21 heavy (non-hydrogen) atoms. The van der Waals surface area contributed by atoms with E-state index in [4.69, 9.17) is 9.47 Å². The number of hydrogen-bond acceptors (Lipinski definition) is 5. The average molecular weight is 312 g/mol. The van der Waals surface area contributed by atoms with Crippen molar-refractivity contribution in [1.29, 1.82) is 0 Å². The number of carbonyl (C=O) groups is 1. The van der Waals surface area contributed by atoms with Gasteiger partial charge in [-0.25, -0.2) is 9.78 Å². The zero-order valence-corrected chi connectivity index (χ0v) is 13.8. The van der Waals surface area contributed by atoms with Crippen molar-refractivity contribution in [3.63, 3.8) is 0 Å². The maximum Gasteiger partial charge on any atom is 0.410 e. The Morgan fingerprint density at radius 3 is 2.71 bits per heavy atom. The molecule has 0 atom stereocenters. The molecule has 5 nitrogen and oxygen atoms in total. The molecule has 0 N–H and O–H groups in total. The van der Waals surface area contributed by atoms with Crippen molar-refractivity contribution in [2.24, 2.45) is 5.92 Å². The quantitative estimate of drug-likeness (QED) is 0.853. The van der Waals surface area contributed by atoms with Crippen molar-refractivity contribution in [3.05, 3.63) is 11.6 Å². The molecular formula is C15H24N2O3S. The van der Waals surface area contributed by atoms with Crippen molar-refractivity contribution in [2.45, 2.75) is 45.6 Å². The van der Waals surface area contributed by atoms with Gasteiger partial charge in [-0.05, 0) is 46.0 Å². The number of hydrogen-bond donors (Lipinski definition) is 0. The van der Waals surface area contributed by atoms with Gasteiger partial charge in [-0.3, -0.25) is 0 Å². The van der Waals surface area contributed by atoms with E-state index >= 15 is 0 Å². The second-order valence-electron chi connectivity index (χ2n) is 6.35. The molecule has 1 aliphatic rings. The van der Waals surface area contributed by atoms with Crippen LogP contribution in [0.2, 0.25) is 0 Å². The Morgan fingerprint density at radius 1 is 1.43 bits per heavy atom. The molecule has 1 aromatic heterocycles. The highest BCUT2D eigenvalue weighted by Crippen LogP contribution is 2.23. The molecule has 0 aromatic carbocycles. The highest BCUT2D eigenvalue weighted by molar-refractivity contribution is 7.11. The number of ether oxygens (including phenoxy) is 2. The predicted octanol–water partition coefficient (Wildman–Crippen LogP) is 3.56. The molecule has 2 heterocycles. The minimum absolute atomic E-state index is 0.194. The Kier molecular flexibility index (Phi) is 5.45. The Hall–Kier alpha value is -1.30. The van der Waals surface area contributed by atoms with Crippen LogP contribution < -0.4 is 4.74 Å². The standard InChI is InChI=1S/C15H24N2O3S/c1-15(2,3)20-14(18)17-8-4-12(5-9-17)6-10-19-13-16-7-11-21-13/h7,11-12H,4-6,8-10H2,1-3H3. The summed E-state index contributed by atoms with van der Waals surface area (Å²) in [6.45, 7) is 7.94. The molecule has 0 spiro atoms. The van der Waals surface area contributed by atoms with E-state index < -0.39 is 5.60 Å². The molecular weight excluding hydrogens is 288 g/mol. The molecule has 0 bridgehead atoms. The third-order valence-electron chi connectivity index (χ3n) is 3.43. The average Bonchev–Trinajstić information content (AvgIpc) is 2.91. The molecule has 1 aromatic rings. The number of rotatable bonds is 4. The van der Waals surface area contributed by atoms with Gasteiger partial charge in [0.15, 0.2) is 0 Å². The monoisotopic (exact) mass is 312 g/mol. The summed E-state index contributed by atoms with van der Waals surface area (Å²) < 4.78 is 11.0. The molecule has 1 aliphatic heterocycles. The lowest BCUT2D eigenvalue weighted by Gasteiger charge is -2.33. The van der Waals surface area contributed by atoms with Crippen molar-refractivity contribution in [3.8, 4) is 5.19 Å². The minimum atomic E-state index is -0.421. The van der Waals surface area contributed by atoms with Gasteiger partial charge in [0.25, 0.3) is 5.19 Å². The van der Waals surface area contributed by atoms with E-state index in [9.17, 15) is 4.79 Å². The summed E-state index contributed by atoms with van der Waals surface area (Å²) in [6.07, 6.45) is 4.60. The molecule has 118 valence electrons. The first-order chi connectivity index (χ1) is 9.94. The SMILES string of the molecule is CC(C)(C)OC(=O)N1CCC(CCOc2nccs2)CC1. The number of likely N-dealkylation sites (tertiary alicyclic amines) is 1. The summed E-state index contributed by atoms with van der Waals surface area (Å²) in [7, 11) is 0. The third kappa shape index (κ3) is 5.53. The van der Waals surface area contributed by atoms with Crippen LogP contribution in [0.1, 0.15) is 40.0 Å². The Labute approximate surface area is 130 Å². The fraction of sp³-hybridized carbons (Fsp3) is 0.733. The summed E-state index contributed by atoms with van der Waals surface area (Å²) in [5.74, 6) is 0.614. The number of piperidine rings is 1. The largest absolute Gasteiger partial charge is 0.470 e. The predicted molar refractivity (Wildman–Crippen MR) is 82.8 cm³/mol. The highest BCUT2D eigenvalue weighted by atomic mass is 32.1. The second kappa shape index (κ2) is 7.11. The van der Waals surface area contributed by atoms with E-state index in [0.29, 0.717) is 12.5 Å². The molecule has 0 saturated carbocycles. The van der Waals surface area contributed by atoms with Crippen LogP contribution in [-0.2, 0) is 4.74 Å². The topological polar surface area (TPSA) is 51.7 Å². The van der Waals surface area contributed by atoms with Gasteiger partial charge in [-0.15, -0.1) is 0 Å². The zero-order valence-electron chi connectivity index (χ0n) is 13.0. The van der Waals surface area contributed by atoms with Crippen LogP contribution >= 0.6 is 11.3 Å². The van der Waals surface area contributed by atoms with Gasteiger partial charge in [-0.2, -0.15) is 0 Å². The molecule has 0 aliphatic carbocycles. The van der Waals surface area contributed by atoms with Gasteiger partial charge in [0.05, 0.1) is 6.61 Å². The molecule has 1 fully saturated rings. The summed E-state index contributed by atoms with van der Waals surface area (Å²) in [6, 6.07) is 0. The normalized spacial score (nSPS) is 16.8. The van der Waals surface area contributed by atoms with Gasteiger partial charge in [0.1, 0.15) is 5.60 Å². The minimum Gasteiger partial charge on any atom is -0.470 e. The first kappa shape index (κ1) is 16.1. The lowest BCUT2D eigenvalue weighted by atomic mass is 9.94. The van der Waals surface area contributed by atoms with Crippen LogP contribution in [0.4, 0.5) is 4.79 Å². The van der Waals surface area contributed by atoms with Gasteiger partial charge >= 0.3 is 6.09 Å². The molecule has 2 rings (SSSR count). The number of aromatic nitrogens is 1. The van der Waals surface area contributed by atoms with E-state index in [0.717, 1.165) is 37.5 Å². The van der Waals surface area contributed by atoms with E-state index in [1.165, 1.54) is 11.3 Å². The highest BCUT2D eigenvalue weighted by Gasteiger charge is 2.26. The van der Waals surface area contributed by atoms with Crippen LogP contribution in [0.15, 0.2) is 11.6 Å². The first-order valence-electron chi connectivity index (χ1n) is 7.44. The Bertz CT molecular complexity index is 434. The summed E-state index contributed by atoms with van der Waals surface area (Å²) in [5, 5.41) is 2.65. The van der Waals surface area contributed by atoms with E-state index in [1.807, 2.05) is 31.1 Å². The summed E-state index contributed by atoms with van der Waals surface area (Å²) >= 11 is 1.52. The molecule has 6 heteroatoms. The molecule has 1 saturated heterocycles. The zero-order chi connectivity index (χ0) is 15.3. The Balaban J connectivity index is 1.65. The summed E-state index contributed by atoms with van der Waals surface area (Å²) in [5.41, 5.74) is -0.421. The molecule has 0 radical (unpaired) electrons. The Morgan fingerprint density at radius 2 is 2.14 bits per heavy atom. The number of nitrogens with zero attached hydrogens (tertiary/aromatic N) is 2. The van der Waals surface area contributed by atoms with E-state index in [2.05, 4.69) is 4.98 Å². The maximum absolute atomic E-state index is 12.0. The van der Waals surface area contributed by atoms with Gasteiger partial charge < -0.3 is 14.4 Å². The molecule has 1 amide bonds.